The van der Waals surface area contributed by atoms with E-state index in [-0.39, 0.29) is 5.91 Å². The number of rotatable bonds is 3. The van der Waals surface area contributed by atoms with Crippen molar-refractivity contribution in [2.45, 2.75) is 12.5 Å². The Balaban J connectivity index is 1.96. The van der Waals surface area contributed by atoms with Crippen LogP contribution in [0.5, 0.6) is 0 Å². The minimum atomic E-state index is -0.589. The van der Waals surface area contributed by atoms with Crippen molar-refractivity contribution in [3.8, 4) is 0 Å². The first-order chi connectivity index (χ1) is 9.06. The van der Waals surface area contributed by atoms with Gasteiger partial charge in [-0.2, -0.15) is 0 Å². The van der Waals surface area contributed by atoms with Crippen LogP contribution in [0.2, 0.25) is 5.02 Å². The van der Waals surface area contributed by atoms with Crippen molar-refractivity contribution in [1.82, 2.24) is 9.80 Å². The second kappa shape index (κ2) is 6.37. The molecule has 4 nitrogen and oxygen atoms in total. The van der Waals surface area contributed by atoms with Gasteiger partial charge < -0.3 is 10.0 Å². The molecule has 1 fully saturated rings. The van der Waals surface area contributed by atoms with Crippen LogP contribution < -0.4 is 0 Å². The van der Waals surface area contributed by atoms with E-state index < -0.39 is 6.10 Å². The number of hydrogen-bond donors (Lipinski definition) is 1. The molecule has 5 heteroatoms. The van der Waals surface area contributed by atoms with E-state index in [4.69, 9.17) is 11.6 Å². The third-order valence-electron chi connectivity index (χ3n) is 3.44. The fourth-order valence-corrected chi connectivity index (χ4v) is 2.36. The van der Waals surface area contributed by atoms with Gasteiger partial charge in [0.15, 0.2) is 0 Å². The van der Waals surface area contributed by atoms with Gasteiger partial charge in [0.25, 0.3) is 0 Å². The first kappa shape index (κ1) is 14.3. The normalized spacial score (nSPS) is 19.3. The third-order valence-corrected chi connectivity index (χ3v) is 3.69. The van der Waals surface area contributed by atoms with Crippen molar-refractivity contribution in [2.75, 3.05) is 33.2 Å². The fraction of sp³-hybridized carbons (Fsp3) is 0.500. The Bertz CT molecular complexity index is 436. The van der Waals surface area contributed by atoms with E-state index in [2.05, 4.69) is 0 Å². The van der Waals surface area contributed by atoms with Crippen molar-refractivity contribution < 1.29 is 9.90 Å². The van der Waals surface area contributed by atoms with Crippen LogP contribution in [0, 0.1) is 0 Å². The molecule has 1 N–H and O–H groups in total. The molecule has 1 aliphatic heterocycles. The average molecular weight is 283 g/mol. The quantitative estimate of drug-likeness (QED) is 0.915. The van der Waals surface area contributed by atoms with Gasteiger partial charge in [-0.3, -0.25) is 9.69 Å². The van der Waals surface area contributed by atoms with Gasteiger partial charge in [-0.05, 0) is 24.1 Å². The molecule has 104 valence electrons. The van der Waals surface area contributed by atoms with Crippen LogP contribution in [0.25, 0.3) is 0 Å². The summed E-state index contributed by atoms with van der Waals surface area (Å²) in [6, 6.07) is 7.17. The second-order valence-electron chi connectivity index (χ2n) is 4.97. The fourth-order valence-electron chi connectivity index (χ4n) is 2.24. The number of aliphatic hydroxyl groups is 1. The lowest BCUT2D eigenvalue weighted by atomic mass is 10.1. The molecule has 1 saturated heterocycles. The highest BCUT2D eigenvalue weighted by Crippen LogP contribution is 2.18. The second-order valence-corrected chi connectivity index (χ2v) is 5.41. The molecular formula is C14H19ClN2O2. The number of likely N-dealkylation sites (N-methyl/N-ethyl adjacent to an activating group) is 1. The molecule has 1 amide bonds. The number of hydrogen-bond acceptors (Lipinski definition) is 3. The van der Waals surface area contributed by atoms with E-state index in [9.17, 15) is 9.90 Å². The predicted octanol–water partition coefficient (Wildman–Crippen LogP) is 1.54. The van der Waals surface area contributed by atoms with Crippen LogP contribution in [0.3, 0.4) is 0 Å². The molecule has 0 aliphatic carbocycles. The van der Waals surface area contributed by atoms with Gasteiger partial charge in [-0.1, -0.05) is 23.7 Å². The Hall–Kier alpha value is -1.10. The summed E-state index contributed by atoms with van der Waals surface area (Å²) >= 11 is 5.82. The van der Waals surface area contributed by atoms with Gasteiger partial charge in [0.1, 0.15) is 0 Å². The Morgan fingerprint density at radius 2 is 2.00 bits per heavy atom. The number of aliphatic hydroxyl groups excluding tert-OH is 1. The summed E-state index contributed by atoms with van der Waals surface area (Å²) < 4.78 is 0. The Labute approximate surface area is 118 Å². The number of nitrogens with zero attached hydrogens (tertiary/aromatic N) is 2. The van der Waals surface area contributed by atoms with Crippen molar-refractivity contribution >= 4 is 17.5 Å². The van der Waals surface area contributed by atoms with Gasteiger partial charge in [-0.15, -0.1) is 0 Å². The Kier molecular flexibility index (Phi) is 4.80. The van der Waals surface area contributed by atoms with E-state index in [0.29, 0.717) is 18.1 Å². The molecule has 1 atom stereocenters. The maximum absolute atomic E-state index is 11.8. The molecular weight excluding hydrogens is 264 g/mol. The lowest BCUT2D eigenvalue weighted by molar-refractivity contribution is -0.130. The van der Waals surface area contributed by atoms with Crippen LogP contribution in [-0.4, -0.2) is 54.0 Å². The van der Waals surface area contributed by atoms with Crippen LogP contribution in [0.1, 0.15) is 18.1 Å². The summed E-state index contributed by atoms with van der Waals surface area (Å²) in [6.45, 7) is 2.47. The molecule has 0 unspecified atom stereocenters. The van der Waals surface area contributed by atoms with Crippen LogP contribution >= 0.6 is 11.6 Å². The predicted molar refractivity (Wildman–Crippen MR) is 75.1 cm³/mol. The minimum absolute atomic E-state index is 0.112. The molecule has 0 aromatic heterocycles. The van der Waals surface area contributed by atoms with Gasteiger partial charge in [0.05, 0.1) is 12.6 Å². The lowest BCUT2D eigenvalue weighted by Crippen LogP contribution is -2.36. The molecule has 1 aromatic rings. The van der Waals surface area contributed by atoms with Crippen molar-refractivity contribution in [3.05, 3.63) is 34.9 Å². The van der Waals surface area contributed by atoms with Crippen LogP contribution in [0.4, 0.5) is 0 Å². The van der Waals surface area contributed by atoms with E-state index in [1.807, 2.05) is 24.1 Å². The highest BCUT2D eigenvalue weighted by Gasteiger charge is 2.21. The molecule has 0 saturated carbocycles. The lowest BCUT2D eigenvalue weighted by Gasteiger charge is -2.22. The summed E-state index contributed by atoms with van der Waals surface area (Å²) in [5.74, 6) is 0.112. The van der Waals surface area contributed by atoms with Gasteiger partial charge in [0.2, 0.25) is 5.91 Å². The first-order valence-electron chi connectivity index (χ1n) is 6.46. The van der Waals surface area contributed by atoms with Gasteiger partial charge >= 0.3 is 0 Å². The molecule has 1 heterocycles. The SMILES string of the molecule is CN1CCCN(C[C@@H](O)c2ccc(Cl)cc2)CC1=O. The summed E-state index contributed by atoms with van der Waals surface area (Å²) in [5, 5.41) is 10.9. The van der Waals surface area contributed by atoms with E-state index >= 15 is 0 Å². The van der Waals surface area contributed by atoms with Crippen LogP contribution in [0.15, 0.2) is 24.3 Å². The molecule has 19 heavy (non-hydrogen) atoms. The molecule has 0 bridgehead atoms. The highest BCUT2D eigenvalue weighted by molar-refractivity contribution is 6.30. The van der Waals surface area contributed by atoms with E-state index in [1.165, 1.54) is 0 Å². The maximum atomic E-state index is 11.8. The van der Waals surface area contributed by atoms with Gasteiger partial charge in [0, 0.05) is 31.7 Å². The topological polar surface area (TPSA) is 43.8 Å². The number of benzene rings is 1. The van der Waals surface area contributed by atoms with Crippen molar-refractivity contribution in [2.24, 2.45) is 0 Å². The zero-order valence-electron chi connectivity index (χ0n) is 11.1. The molecule has 1 aliphatic rings. The Morgan fingerprint density at radius 3 is 2.68 bits per heavy atom. The number of β-amino-alcohol motifs (C(OH)–C–C–N with tert-alkyl or cyclic N) is 1. The standard InChI is InChI=1S/C14H19ClN2O2/c1-16-7-2-8-17(10-14(16)19)9-13(18)11-3-5-12(15)6-4-11/h3-6,13,18H,2,7-10H2,1H3/t13-/m1/s1. The largest absolute Gasteiger partial charge is 0.387 e. The Morgan fingerprint density at radius 1 is 1.32 bits per heavy atom. The molecule has 0 spiro atoms. The van der Waals surface area contributed by atoms with Crippen molar-refractivity contribution in [1.29, 1.82) is 0 Å². The highest BCUT2D eigenvalue weighted by atomic mass is 35.5. The monoisotopic (exact) mass is 282 g/mol. The zero-order valence-corrected chi connectivity index (χ0v) is 11.8. The summed E-state index contributed by atoms with van der Waals surface area (Å²) in [5.41, 5.74) is 0.828. The number of halogens is 1. The number of amides is 1. The molecule has 1 aromatic carbocycles. The smallest absolute Gasteiger partial charge is 0.236 e. The summed E-state index contributed by atoms with van der Waals surface area (Å²) in [6.07, 6.45) is 0.351. The number of carbonyl (C=O) groups is 1. The van der Waals surface area contributed by atoms with Gasteiger partial charge in [-0.25, -0.2) is 0 Å². The first-order valence-corrected chi connectivity index (χ1v) is 6.84. The molecule has 0 radical (unpaired) electrons. The average Bonchev–Trinajstić information content (AvgIpc) is 2.53. The zero-order chi connectivity index (χ0) is 13.8. The summed E-state index contributed by atoms with van der Waals surface area (Å²) in [4.78, 5) is 15.5. The van der Waals surface area contributed by atoms with E-state index in [0.717, 1.165) is 25.1 Å². The molecule has 2 rings (SSSR count). The van der Waals surface area contributed by atoms with Crippen molar-refractivity contribution in [3.63, 3.8) is 0 Å². The maximum Gasteiger partial charge on any atom is 0.236 e. The number of carbonyl (C=O) groups excluding carboxylic acids is 1. The third kappa shape index (κ3) is 3.93. The van der Waals surface area contributed by atoms with E-state index in [1.54, 1.807) is 17.0 Å². The minimum Gasteiger partial charge on any atom is -0.387 e. The summed E-state index contributed by atoms with van der Waals surface area (Å²) in [7, 11) is 1.82. The van der Waals surface area contributed by atoms with Crippen LogP contribution in [-0.2, 0) is 4.79 Å².